The second-order valence-corrected chi connectivity index (χ2v) is 5.53. The summed E-state index contributed by atoms with van der Waals surface area (Å²) >= 11 is 0. The summed E-state index contributed by atoms with van der Waals surface area (Å²) in [6.07, 6.45) is 4.28. The Balaban J connectivity index is 2.30. The summed E-state index contributed by atoms with van der Waals surface area (Å²) in [6.45, 7) is 7.40. The molecule has 2 fully saturated rings. The molecule has 70 valence electrons. The van der Waals surface area contributed by atoms with Gasteiger partial charge in [0, 0.05) is 6.04 Å². The third-order valence-corrected chi connectivity index (χ3v) is 5.02. The van der Waals surface area contributed by atoms with Crippen LogP contribution in [0.25, 0.3) is 0 Å². The van der Waals surface area contributed by atoms with Crippen molar-refractivity contribution in [1.29, 1.82) is 0 Å². The monoisotopic (exact) mass is 167 g/mol. The number of hydrogen-bond acceptors (Lipinski definition) is 1. The van der Waals surface area contributed by atoms with Gasteiger partial charge >= 0.3 is 0 Å². The first-order chi connectivity index (χ1) is 5.51. The Morgan fingerprint density at radius 1 is 1.25 bits per heavy atom. The van der Waals surface area contributed by atoms with Crippen LogP contribution in [0, 0.1) is 16.7 Å². The summed E-state index contributed by atoms with van der Waals surface area (Å²) in [6, 6.07) is 0.791. The van der Waals surface area contributed by atoms with Gasteiger partial charge in [-0.25, -0.2) is 0 Å². The van der Waals surface area contributed by atoms with E-state index in [1.165, 1.54) is 19.3 Å². The van der Waals surface area contributed by atoms with E-state index < -0.39 is 0 Å². The molecule has 0 aromatic rings. The first-order valence-corrected chi connectivity index (χ1v) is 5.18. The van der Waals surface area contributed by atoms with Gasteiger partial charge in [-0.1, -0.05) is 20.8 Å². The molecule has 1 nitrogen and oxygen atoms in total. The molecule has 0 radical (unpaired) electrons. The predicted octanol–water partition coefficient (Wildman–Crippen LogP) is 2.42. The van der Waals surface area contributed by atoms with Crippen molar-refractivity contribution in [2.24, 2.45) is 16.7 Å². The third kappa shape index (κ3) is 0.783. The molecule has 3 atom stereocenters. The summed E-state index contributed by atoms with van der Waals surface area (Å²) in [5, 5.41) is 3.48. The number of nitrogens with one attached hydrogen (secondary N) is 1. The van der Waals surface area contributed by atoms with Crippen LogP contribution in [0.4, 0.5) is 0 Å². The molecule has 0 heterocycles. The Morgan fingerprint density at radius 3 is 2.17 bits per heavy atom. The van der Waals surface area contributed by atoms with Crippen molar-refractivity contribution in [1.82, 2.24) is 5.32 Å². The minimum Gasteiger partial charge on any atom is -0.317 e. The van der Waals surface area contributed by atoms with Crippen LogP contribution in [0.5, 0.6) is 0 Å². The molecule has 0 aromatic heterocycles. The molecule has 0 aromatic carbocycles. The summed E-state index contributed by atoms with van der Waals surface area (Å²) in [7, 11) is 2.12. The normalized spacial score (nSPS) is 50.0. The zero-order valence-corrected chi connectivity index (χ0v) is 8.78. The Morgan fingerprint density at radius 2 is 1.92 bits per heavy atom. The fourth-order valence-corrected chi connectivity index (χ4v) is 3.60. The molecule has 3 unspecified atom stereocenters. The van der Waals surface area contributed by atoms with Gasteiger partial charge in [0.1, 0.15) is 0 Å². The molecule has 0 aliphatic heterocycles. The third-order valence-electron chi connectivity index (χ3n) is 5.02. The molecule has 12 heavy (non-hydrogen) atoms. The lowest BCUT2D eigenvalue weighted by Gasteiger charge is -2.33. The van der Waals surface area contributed by atoms with Crippen LogP contribution in [-0.2, 0) is 0 Å². The van der Waals surface area contributed by atoms with Crippen molar-refractivity contribution in [2.45, 2.75) is 46.1 Å². The molecule has 0 amide bonds. The lowest BCUT2D eigenvalue weighted by molar-refractivity contribution is 0.152. The van der Waals surface area contributed by atoms with Crippen LogP contribution in [0.2, 0.25) is 0 Å². The SMILES string of the molecule is CNC1CC2(C)CCC1C2(C)C. The maximum Gasteiger partial charge on any atom is 0.0103 e. The van der Waals surface area contributed by atoms with E-state index in [2.05, 4.69) is 33.1 Å². The summed E-state index contributed by atoms with van der Waals surface area (Å²) in [5.41, 5.74) is 1.19. The highest BCUT2D eigenvalue weighted by Crippen LogP contribution is 2.65. The second-order valence-electron chi connectivity index (χ2n) is 5.53. The maximum absolute atomic E-state index is 3.48. The van der Waals surface area contributed by atoms with E-state index in [9.17, 15) is 0 Å². The quantitative estimate of drug-likeness (QED) is 0.632. The molecule has 0 spiro atoms. The van der Waals surface area contributed by atoms with Crippen molar-refractivity contribution >= 4 is 0 Å². The highest BCUT2D eigenvalue weighted by atomic mass is 14.9. The average molecular weight is 167 g/mol. The standard InChI is InChI=1S/C11H21N/c1-10(2)8-5-6-11(10,3)7-9(8)12-4/h8-9,12H,5-7H2,1-4H3. The molecule has 2 aliphatic carbocycles. The van der Waals surface area contributed by atoms with Crippen molar-refractivity contribution in [3.63, 3.8) is 0 Å². The first-order valence-electron chi connectivity index (χ1n) is 5.18. The molecular weight excluding hydrogens is 146 g/mol. The van der Waals surface area contributed by atoms with Gasteiger partial charge in [-0.15, -0.1) is 0 Å². The molecule has 1 heteroatoms. The van der Waals surface area contributed by atoms with Crippen LogP contribution in [0.3, 0.4) is 0 Å². The van der Waals surface area contributed by atoms with Gasteiger partial charge in [-0.3, -0.25) is 0 Å². The van der Waals surface area contributed by atoms with E-state index in [4.69, 9.17) is 0 Å². The van der Waals surface area contributed by atoms with Gasteiger partial charge in [-0.2, -0.15) is 0 Å². The predicted molar refractivity (Wildman–Crippen MR) is 52.1 cm³/mol. The number of rotatable bonds is 1. The van der Waals surface area contributed by atoms with Gasteiger partial charge in [0.15, 0.2) is 0 Å². The molecule has 2 rings (SSSR count). The van der Waals surface area contributed by atoms with Gasteiger partial charge < -0.3 is 5.32 Å². The highest BCUT2D eigenvalue weighted by molar-refractivity contribution is 5.11. The number of hydrogen-bond donors (Lipinski definition) is 1. The van der Waals surface area contributed by atoms with E-state index in [1.807, 2.05) is 0 Å². The summed E-state index contributed by atoms with van der Waals surface area (Å²) in [4.78, 5) is 0. The molecular formula is C11H21N. The molecule has 1 N–H and O–H groups in total. The lowest BCUT2D eigenvalue weighted by Crippen LogP contribution is -2.33. The zero-order valence-electron chi connectivity index (χ0n) is 8.78. The van der Waals surface area contributed by atoms with Gasteiger partial charge in [0.2, 0.25) is 0 Å². The zero-order chi connectivity index (χ0) is 8.98. The largest absolute Gasteiger partial charge is 0.317 e. The summed E-state index contributed by atoms with van der Waals surface area (Å²) < 4.78 is 0. The Hall–Kier alpha value is -0.0400. The Kier molecular flexibility index (Phi) is 1.61. The molecule has 2 aliphatic rings. The van der Waals surface area contributed by atoms with Gasteiger partial charge in [0.25, 0.3) is 0 Å². The molecule has 2 bridgehead atoms. The number of fused-ring (bicyclic) bond motifs is 2. The van der Waals surface area contributed by atoms with E-state index >= 15 is 0 Å². The summed E-state index contributed by atoms with van der Waals surface area (Å²) in [5.74, 6) is 0.924. The van der Waals surface area contributed by atoms with Gasteiger partial charge in [-0.05, 0) is 43.1 Å². The van der Waals surface area contributed by atoms with E-state index in [-0.39, 0.29) is 0 Å². The average Bonchev–Trinajstić information content (AvgIpc) is 2.33. The molecule has 2 saturated carbocycles. The first kappa shape index (κ1) is 8.55. The Bertz CT molecular complexity index is 194. The second kappa shape index (κ2) is 2.25. The lowest BCUT2D eigenvalue weighted by atomic mass is 9.71. The fourth-order valence-electron chi connectivity index (χ4n) is 3.60. The van der Waals surface area contributed by atoms with Crippen molar-refractivity contribution in [2.75, 3.05) is 7.05 Å². The van der Waals surface area contributed by atoms with Crippen molar-refractivity contribution < 1.29 is 0 Å². The fraction of sp³-hybridized carbons (Fsp3) is 1.00. The minimum absolute atomic E-state index is 0.570. The maximum atomic E-state index is 3.48. The van der Waals surface area contributed by atoms with Crippen molar-refractivity contribution in [3.8, 4) is 0 Å². The van der Waals surface area contributed by atoms with Crippen LogP contribution >= 0.6 is 0 Å². The van der Waals surface area contributed by atoms with Crippen LogP contribution in [0.1, 0.15) is 40.0 Å². The van der Waals surface area contributed by atoms with E-state index in [1.54, 1.807) is 0 Å². The van der Waals surface area contributed by atoms with Crippen LogP contribution < -0.4 is 5.32 Å². The van der Waals surface area contributed by atoms with Crippen molar-refractivity contribution in [3.05, 3.63) is 0 Å². The van der Waals surface area contributed by atoms with E-state index in [0.29, 0.717) is 10.8 Å². The minimum atomic E-state index is 0.570. The highest BCUT2D eigenvalue weighted by Gasteiger charge is 2.59. The van der Waals surface area contributed by atoms with E-state index in [0.717, 1.165) is 12.0 Å². The Labute approximate surface area is 75.9 Å². The van der Waals surface area contributed by atoms with Crippen LogP contribution in [-0.4, -0.2) is 13.1 Å². The van der Waals surface area contributed by atoms with Gasteiger partial charge in [0.05, 0.1) is 0 Å². The topological polar surface area (TPSA) is 12.0 Å². The van der Waals surface area contributed by atoms with Crippen LogP contribution in [0.15, 0.2) is 0 Å². The molecule has 0 saturated heterocycles. The smallest absolute Gasteiger partial charge is 0.0103 e.